The molecule has 35 heavy (non-hydrogen) atoms. The first kappa shape index (κ1) is 26.5. The van der Waals surface area contributed by atoms with Crippen molar-refractivity contribution in [2.75, 3.05) is 17.3 Å². The second-order valence-corrected chi connectivity index (χ2v) is 12.9. The topological polar surface area (TPSA) is 102 Å². The quantitative estimate of drug-likeness (QED) is 0.126. The highest BCUT2D eigenvalue weighted by Crippen LogP contribution is 2.56. The number of esters is 1. The summed E-state index contributed by atoms with van der Waals surface area (Å²) in [6.45, 7) is 0. The summed E-state index contributed by atoms with van der Waals surface area (Å²) in [6, 6.07) is 9.66. The van der Waals surface area contributed by atoms with Gasteiger partial charge in [0.25, 0.3) is 0 Å². The summed E-state index contributed by atoms with van der Waals surface area (Å²) in [5.41, 5.74) is -0.101. The number of carbonyl (C=O) groups excluding carboxylic acids is 3. The molecule has 4 saturated carbocycles. The molecule has 11 heteroatoms. The van der Waals surface area contributed by atoms with Crippen molar-refractivity contribution in [3.05, 3.63) is 35.9 Å². The van der Waals surface area contributed by atoms with Gasteiger partial charge in [-0.3, -0.25) is 14.6 Å². The highest BCUT2D eigenvalue weighted by Gasteiger charge is 2.59. The van der Waals surface area contributed by atoms with Crippen molar-refractivity contribution >= 4 is 40.5 Å². The Kier molecular flexibility index (Phi) is 8.53. The van der Waals surface area contributed by atoms with E-state index in [1.807, 2.05) is 30.3 Å². The van der Waals surface area contributed by atoms with E-state index in [-0.39, 0.29) is 23.5 Å². The van der Waals surface area contributed by atoms with Crippen LogP contribution in [-0.4, -0.2) is 45.6 Å². The predicted molar refractivity (Wildman–Crippen MR) is 124 cm³/mol. The summed E-state index contributed by atoms with van der Waals surface area (Å²) in [4.78, 5) is 35.4. The van der Waals surface area contributed by atoms with Crippen LogP contribution in [0.15, 0.2) is 30.3 Å². The Morgan fingerprint density at radius 3 is 2.31 bits per heavy atom. The average molecular weight is 531 g/mol. The van der Waals surface area contributed by atoms with Gasteiger partial charge in [0.15, 0.2) is 5.75 Å². The van der Waals surface area contributed by atoms with Gasteiger partial charge in [0.05, 0.1) is 0 Å². The maximum absolute atomic E-state index is 13.4. The highest BCUT2D eigenvalue weighted by atomic mass is 32.2. The molecular formula is C24H28F2O7S2. The molecule has 4 aliphatic carbocycles. The van der Waals surface area contributed by atoms with Crippen LogP contribution >= 0.6 is 12.0 Å². The van der Waals surface area contributed by atoms with Crippen LogP contribution in [0.2, 0.25) is 0 Å². The zero-order valence-corrected chi connectivity index (χ0v) is 20.8. The maximum Gasteiger partial charge on any atom is 0.415 e. The van der Waals surface area contributed by atoms with Gasteiger partial charge < -0.3 is 9.99 Å². The highest BCUT2D eigenvalue weighted by molar-refractivity contribution is 7.97. The predicted octanol–water partition coefficient (Wildman–Crippen LogP) is 3.42. The van der Waals surface area contributed by atoms with Crippen molar-refractivity contribution in [2.24, 2.45) is 17.8 Å². The number of benzene rings is 1. The minimum Gasteiger partial charge on any atom is -0.691 e. The van der Waals surface area contributed by atoms with E-state index in [0.29, 0.717) is 35.9 Å². The SMILES string of the molecule is O=C(C[S+]1CCCC1)c1ccccc1.O=C1C2CC3CC1CC(OC(=O)C(F)(F)SOO[O-])(C3)C2. The first-order valence-electron chi connectivity index (χ1n) is 11.7. The Labute approximate surface area is 209 Å². The van der Waals surface area contributed by atoms with Crippen LogP contribution in [0.5, 0.6) is 0 Å². The Balaban J connectivity index is 0.000000179. The fourth-order valence-corrected chi connectivity index (χ4v) is 8.38. The van der Waals surface area contributed by atoms with Crippen LogP contribution in [0.4, 0.5) is 8.78 Å². The molecule has 4 bridgehead atoms. The van der Waals surface area contributed by atoms with E-state index in [1.54, 1.807) is 0 Å². The van der Waals surface area contributed by atoms with Gasteiger partial charge in [-0.25, -0.2) is 4.79 Å². The molecule has 1 saturated heterocycles. The van der Waals surface area contributed by atoms with Gasteiger partial charge in [0, 0.05) is 17.4 Å². The largest absolute Gasteiger partial charge is 0.691 e. The van der Waals surface area contributed by atoms with Crippen LogP contribution in [0.3, 0.4) is 0 Å². The standard InChI is InChI=1S/C12H14F2O6S.C12H15OS/c13-12(14,21-20-19-17)10(16)18-11-3-6-1-7(4-11)9(15)8(2-6)5-11;13-12(10-14-8-4-5-9-14)11-6-2-1-3-7-11/h6-8,17H,1-5H2;1-3,6-7H,4-5,8-10H2/q;+1/p-1. The van der Waals surface area contributed by atoms with Gasteiger partial charge in [-0.2, -0.15) is 13.1 Å². The molecule has 1 aromatic rings. The van der Waals surface area contributed by atoms with Gasteiger partial charge in [-0.05, 0) is 61.8 Å². The first-order chi connectivity index (χ1) is 16.7. The molecule has 2 unspecified atom stereocenters. The molecule has 1 aromatic carbocycles. The molecule has 0 spiro atoms. The zero-order chi connectivity index (χ0) is 25.1. The number of rotatable bonds is 8. The summed E-state index contributed by atoms with van der Waals surface area (Å²) >= 11 is -0.694. The van der Waals surface area contributed by atoms with Crippen LogP contribution in [0.25, 0.3) is 0 Å². The van der Waals surface area contributed by atoms with Gasteiger partial charge in [-0.15, -0.1) is 0 Å². The van der Waals surface area contributed by atoms with E-state index in [9.17, 15) is 28.4 Å². The number of Topliss-reactive ketones (excluding diaryl/α,β-unsaturated/α-hetero) is 2. The second-order valence-electron chi connectivity index (χ2n) is 9.72. The zero-order valence-electron chi connectivity index (χ0n) is 19.1. The van der Waals surface area contributed by atoms with Crippen molar-refractivity contribution in [1.82, 2.24) is 0 Å². The smallest absolute Gasteiger partial charge is 0.415 e. The fourth-order valence-electron chi connectivity index (χ4n) is 5.90. The number of hydrogen-bond donors (Lipinski definition) is 0. The molecule has 192 valence electrons. The fraction of sp³-hybridized carbons (Fsp3) is 0.625. The van der Waals surface area contributed by atoms with E-state index in [4.69, 9.17) is 4.74 Å². The van der Waals surface area contributed by atoms with Gasteiger partial charge in [0.1, 0.15) is 34.9 Å². The lowest BCUT2D eigenvalue weighted by Gasteiger charge is -2.54. The lowest BCUT2D eigenvalue weighted by molar-refractivity contribution is -0.777. The molecule has 6 rings (SSSR count). The third kappa shape index (κ3) is 6.43. The normalized spacial score (nSPS) is 29.6. The monoisotopic (exact) mass is 530 g/mol. The van der Waals surface area contributed by atoms with Gasteiger partial charge in [-0.1, -0.05) is 30.3 Å². The lowest BCUT2D eigenvalue weighted by Crippen LogP contribution is -2.57. The number of ketones is 2. The van der Waals surface area contributed by atoms with Crippen molar-refractivity contribution < 1.29 is 42.5 Å². The van der Waals surface area contributed by atoms with E-state index in [0.717, 1.165) is 24.2 Å². The molecule has 5 fully saturated rings. The minimum absolute atomic E-state index is 0.168. The molecule has 1 aliphatic heterocycles. The number of carbonyl (C=O) groups is 3. The molecule has 0 radical (unpaired) electrons. The molecule has 5 aliphatic rings. The molecule has 0 amide bonds. The van der Waals surface area contributed by atoms with E-state index >= 15 is 0 Å². The molecular weight excluding hydrogens is 502 g/mol. The summed E-state index contributed by atoms with van der Waals surface area (Å²) in [5.74, 6) is 1.94. The van der Waals surface area contributed by atoms with Crippen molar-refractivity contribution in [2.45, 2.75) is 55.8 Å². The Morgan fingerprint density at radius 2 is 1.71 bits per heavy atom. The van der Waals surface area contributed by atoms with Gasteiger partial charge in [0.2, 0.25) is 5.78 Å². The summed E-state index contributed by atoms with van der Waals surface area (Å²) in [7, 11) is 0.393. The molecule has 1 heterocycles. The second kappa shape index (κ2) is 11.2. The van der Waals surface area contributed by atoms with Crippen LogP contribution < -0.4 is 5.26 Å². The molecule has 0 N–H and O–H groups in total. The Hall–Kier alpha value is -1.53. The third-order valence-corrected chi connectivity index (χ3v) is 10.1. The minimum atomic E-state index is -4.03. The summed E-state index contributed by atoms with van der Waals surface area (Å²) in [6.07, 6.45) is 5.29. The number of hydrogen-bond acceptors (Lipinski definition) is 8. The van der Waals surface area contributed by atoms with Crippen molar-refractivity contribution in [1.29, 1.82) is 0 Å². The van der Waals surface area contributed by atoms with Crippen LogP contribution in [-0.2, 0) is 34.6 Å². The number of halogens is 2. The molecule has 2 atom stereocenters. The lowest BCUT2D eigenvalue weighted by atomic mass is 9.53. The molecule has 7 nitrogen and oxygen atoms in total. The van der Waals surface area contributed by atoms with E-state index in [2.05, 4.69) is 9.37 Å². The van der Waals surface area contributed by atoms with Crippen LogP contribution in [0, 0.1) is 17.8 Å². The Bertz CT molecular complexity index is 906. The average Bonchev–Trinajstić information content (AvgIpc) is 3.34. The first-order valence-corrected chi connectivity index (χ1v) is 14.2. The van der Waals surface area contributed by atoms with E-state index in [1.165, 1.54) is 24.3 Å². The van der Waals surface area contributed by atoms with Crippen molar-refractivity contribution in [3.63, 3.8) is 0 Å². The van der Waals surface area contributed by atoms with Crippen LogP contribution in [0.1, 0.15) is 55.3 Å². The number of ether oxygens (including phenoxy) is 1. The summed E-state index contributed by atoms with van der Waals surface area (Å²) < 4.78 is 35.5. The third-order valence-electron chi connectivity index (χ3n) is 7.20. The Morgan fingerprint density at radius 1 is 1.09 bits per heavy atom. The van der Waals surface area contributed by atoms with Crippen molar-refractivity contribution in [3.8, 4) is 0 Å². The maximum atomic E-state index is 13.4. The molecule has 0 aromatic heterocycles. The van der Waals surface area contributed by atoms with E-state index < -0.39 is 28.9 Å². The van der Waals surface area contributed by atoms with Gasteiger partial charge >= 0.3 is 11.2 Å². The summed E-state index contributed by atoms with van der Waals surface area (Å²) in [5, 5.41) is 8.37. The number of alkyl halides is 2.